The van der Waals surface area contributed by atoms with Crippen LogP contribution in [0.1, 0.15) is 24.5 Å². The van der Waals surface area contributed by atoms with Crippen molar-refractivity contribution in [3.8, 4) is 0 Å². The molecule has 2 rings (SSSR count). The molecule has 1 saturated heterocycles. The normalized spacial score (nSPS) is 22.1. The molecule has 1 fully saturated rings. The lowest BCUT2D eigenvalue weighted by Crippen LogP contribution is -2.43. The maximum absolute atomic E-state index is 11.6. The summed E-state index contributed by atoms with van der Waals surface area (Å²) in [6, 6.07) is 7.14. The number of imide groups is 1. The number of aliphatic hydroxyl groups excluding tert-OH is 1. The molecule has 1 aliphatic heterocycles. The summed E-state index contributed by atoms with van der Waals surface area (Å²) < 4.78 is 0.914. The van der Waals surface area contributed by atoms with Crippen LogP contribution >= 0.6 is 15.9 Å². The molecule has 2 unspecified atom stereocenters. The second-order valence-electron chi connectivity index (χ2n) is 4.05. The second kappa shape index (κ2) is 4.98. The fraction of sp³-hybridized carbons (Fsp3) is 0.333. The topological polar surface area (TPSA) is 66.4 Å². The van der Waals surface area contributed by atoms with Gasteiger partial charge in [0.1, 0.15) is 0 Å². The van der Waals surface area contributed by atoms with Gasteiger partial charge in [0.15, 0.2) is 0 Å². The van der Waals surface area contributed by atoms with Crippen LogP contribution in [0.15, 0.2) is 28.7 Å². The van der Waals surface area contributed by atoms with E-state index in [0.29, 0.717) is 12.0 Å². The van der Waals surface area contributed by atoms with Gasteiger partial charge in [-0.1, -0.05) is 28.1 Å². The Labute approximate surface area is 107 Å². The van der Waals surface area contributed by atoms with Crippen LogP contribution in [0.2, 0.25) is 0 Å². The third-order valence-electron chi connectivity index (χ3n) is 2.87. The predicted octanol–water partition coefficient (Wildman–Crippen LogP) is 1.54. The smallest absolute Gasteiger partial charge is 0.232 e. The summed E-state index contributed by atoms with van der Waals surface area (Å²) in [5.41, 5.74) is 0.683. The highest BCUT2D eigenvalue weighted by molar-refractivity contribution is 9.10. The van der Waals surface area contributed by atoms with Crippen LogP contribution in [-0.4, -0.2) is 16.9 Å². The van der Waals surface area contributed by atoms with Gasteiger partial charge in [-0.05, 0) is 24.1 Å². The number of nitrogens with one attached hydrogen (secondary N) is 1. The minimum Gasteiger partial charge on any atom is -0.388 e. The van der Waals surface area contributed by atoms with Crippen LogP contribution < -0.4 is 5.32 Å². The number of hydrogen-bond donors (Lipinski definition) is 2. The van der Waals surface area contributed by atoms with Crippen molar-refractivity contribution in [3.63, 3.8) is 0 Å². The highest BCUT2D eigenvalue weighted by Crippen LogP contribution is 2.28. The third-order valence-corrected chi connectivity index (χ3v) is 3.40. The monoisotopic (exact) mass is 297 g/mol. The van der Waals surface area contributed by atoms with Crippen LogP contribution in [0.5, 0.6) is 0 Å². The van der Waals surface area contributed by atoms with E-state index in [1.165, 1.54) is 0 Å². The average molecular weight is 298 g/mol. The van der Waals surface area contributed by atoms with Crippen LogP contribution in [0.3, 0.4) is 0 Å². The molecular formula is C12H12BrNO3. The van der Waals surface area contributed by atoms with E-state index in [4.69, 9.17) is 0 Å². The summed E-state index contributed by atoms with van der Waals surface area (Å²) in [5, 5.41) is 12.3. The second-order valence-corrected chi connectivity index (χ2v) is 4.97. The molecular weight excluding hydrogens is 286 g/mol. The molecule has 2 amide bonds. The first-order chi connectivity index (χ1) is 8.08. The van der Waals surface area contributed by atoms with Crippen molar-refractivity contribution >= 4 is 27.7 Å². The van der Waals surface area contributed by atoms with E-state index in [0.717, 1.165) is 4.47 Å². The quantitative estimate of drug-likeness (QED) is 0.814. The van der Waals surface area contributed by atoms with E-state index >= 15 is 0 Å². The average Bonchev–Trinajstić information content (AvgIpc) is 2.29. The van der Waals surface area contributed by atoms with Crippen molar-refractivity contribution in [2.45, 2.75) is 18.9 Å². The Morgan fingerprint density at radius 2 is 1.94 bits per heavy atom. The molecule has 1 aromatic carbocycles. The number of hydrogen-bond acceptors (Lipinski definition) is 3. The van der Waals surface area contributed by atoms with Gasteiger partial charge in [-0.2, -0.15) is 0 Å². The van der Waals surface area contributed by atoms with Gasteiger partial charge in [0, 0.05) is 10.9 Å². The van der Waals surface area contributed by atoms with Crippen molar-refractivity contribution < 1.29 is 14.7 Å². The van der Waals surface area contributed by atoms with E-state index in [1.807, 2.05) is 12.1 Å². The van der Waals surface area contributed by atoms with E-state index in [2.05, 4.69) is 21.2 Å². The predicted molar refractivity (Wildman–Crippen MR) is 65.0 cm³/mol. The maximum atomic E-state index is 11.6. The van der Waals surface area contributed by atoms with Gasteiger partial charge in [0.25, 0.3) is 0 Å². The molecule has 5 heteroatoms. The molecule has 1 aromatic rings. The fourth-order valence-electron chi connectivity index (χ4n) is 1.90. The van der Waals surface area contributed by atoms with Gasteiger partial charge < -0.3 is 5.11 Å². The fourth-order valence-corrected chi connectivity index (χ4v) is 2.17. The number of halogens is 1. The molecule has 2 atom stereocenters. The van der Waals surface area contributed by atoms with Gasteiger partial charge in [-0.25, -0.2) is 0 Å². The minimum atomic E-state index is -0.865. The lowest BCUT2D eigenvalue weighted by atomic mass is 9.88. The summed E-state index contributed by atoms with van der Waals surface area (Å²) in [5.74, 6) is -1.21. The highest BCUT2D eigenvalue weighted by atomic mass is 79.9. The molecule has 0 saturated carbocycles. The number of amides is 2. The molecule has 0 aromatic heterocycles. The summed E-state index contributed by atoms with van der Waals surface area (Å²) in [4.78, 5) is 22.6. The molecule has 1 heterocycles. The number of aliphatic hydroxyl groups is 1. The van der Waals surface area contributed by atoms with Gasteiger partial charge in [-0.3, -0.25) is 14.9 Å². The standard InChI is InChI=1S/C12H12BrNO3/c13-8-3-1-7(2-4-8)11(16)9-5-6-10(15)14-12(9)17/h1-4,9,11,16H,5-6H2,(H,14,15,17). The molecule has 1 aliphatic rings. The lowest BCUT2D eigenvalue weighted by molar-refractivity contribution is -0.139. The number of piperidine rings is 1. The van der Waals surface area contributed by atoms with Gasteiger partial charge >= 0.3 is 0 Å². The highest BCUT2D eigenvalue weighted by Gasteiger charge is 2.32. The van der Waals surface area contributed by atoms with Gasteiger partial charge in [-0.15, -0.1) is 0 Å². The molecule has 0 aliphatic carbocycles. The lowest BCUT2D eigenvalue weighted by Gasteiger charge is -2.25. The third kappa shape index (κ3) is 2.73. The van der Waals surface area contributed by atoms with E-state index < -0.39 is 17.9 Å². The van der Waals surface area contributed by atoms with Crippen molar-refractivity contribution in [1.82, 2.24) is 5.32 Å². The SMILES string of the molecule is O=C1CCC(C(O)c2ccc(Br)cc2)C(=O)N1. The van der Waals surface area contributed by atoms with E-state index in [9.17, 15) is 14.7 Å². The summed E-state index contributed by atoms with van der Waals surface area (Å²) in [7, 11) is 0. The van der Waals surface area contributed by atoms with Crippen molar-refractivity contribution in [2.24, 2.45) is 5.92 Å². The Bertz CT molecular complexity index is 444. The summed E-state index contributed by atoms with van der Waals surface area (Å²) >= 11 is 3.30. The molecule has 2 N–H and O–H groups in total. The number of benzene rings is 1. The van der Waals surface area contributed by atoms with Gasteiger partial charge in [0.2, 0.25) is 11.8 Å². The zero-order chi connectivity index (χ0) is 12.4. The zero-order valence-corrected chi connectivity index (χ0v) is 10.6. The van der Waals surface area contributed by atoms with E-state index in [1.54, 1.807) is 12.1 Å². The van der Waals surface area contributed by atoms with Crippen molar-refractivity contribution in [3.05, 3.63) is 34.3 Å². The first-order valence-electron chi connectivity index (χ1n) is 5.35. The first kappa shape index (κ1) is 12.3. The molecule has 90 valence electrons. The molecule has 4 nitrogen and oxygen atoms in total. The Hall–Kier alpha value is -1.20. The van der Waals surface area contributed by atoms with Crippen molar-refractivity contribution in [1.29, 1.82) is 0 Å². The van der Waals surface area contributed by atoms with Crippen LogP contribution in [0.4, 0.5) is 0 Å². The maximum Gasteiger partial charge on any atom is 0.232 e. The van der Waals surface area contributed by atoms with Gasteiger partial charge in [0.05, 0.1) is 12.0 Å². The molecule has 0 bridgehead atoms. The largest absolute Gasteiger partial charge is 0.388 e. The van der Waals surface area contributed by atoms with Crippen LogP contribution in [-0.2, 0) is 9.59 Å². The molecule has 0 spiro atoms. The number of carbonyl (C=O) groups is 2. The van der Waals surface area contributed by atoms with Crippen LogP contribution in [0, 0.1) is 5.92 Å². The Kier molecular flexibility index (Phi) is 3.59. The Morgan fingerprint density at radius 1 is 1.29 bits per heavy atom. The minimum absolute atomic E-state index is 0.269. The summed E-state index contributed by atoms with van der Waals surface area (Å²) in [6.45, 7) is 0. The Morgan fingerprint density at radius 3 is 2.53 bits per heavy atom. The molecule has 17 heavy (non-hydrogen) atoms. The number of carbonyl (C=O) groups excluding carboxylic acids is 2. The number of rotatable bonds is 2. The van der Waals surface area contributed by atoms with E-state index in [-0.39, 0.29) is 12.3 Å². The zero-order valence-electron chi connectivity index (χ0n) is 9.02. The summed E-state index contributed by atoms with van der Waals surface area (Å²) in [6.07, 6.45) is -0.192. The Balaban J connectivity index is 2.14. The van der Waals surface area contributed by atoms with Crippen LogP contribution in [0.25, 0.3) is 0 Å². The first-order valence-corrected chi connectivity index (χ1v) is 6.14. The molecule has 0 radical (unpaired) electrons. The van der Waals surface area contributed by atoms with Crippen molar-refractivity contribution in [2.75, 3.05) is 0 Å².